The number of ether oxygens (including phenoxy) is 1. The molecule has 3 rings (SSSR count). The zero-order valence-corrected chi connectivity index (χ0v) is 20.0. The van der Waals surface area contributed by atoms with Crippen LogP contribution in [0.2, 0.25) is 0 Å². The van der Waals surface area contributed by atoms with Gasteiger partial charge in [-0.2, -0.15) is 0 Å². The number of nitrogens with zero attached hydrogens (tertiary/aromatic N) is 1. The van der Waals surface area contributed by atoms with Crippen LogP contribution in [0.5, 0.6) is 5.75 Å². The molecule has 3 aromatic rings. The average molecular weight is 582 g/mol. The third kappa shape index (κ3) is 5.99. The molecule has 0 aliphatic heterocycles. The number of hydrogen-bond donors (Lipinski definition) is 3. The molecule has 9 nitrogen and oxygen atoms in total. The average Bonchev–Trinajstić information content (AvgIpc) is 2.77. The molecule has 0 unspecified atom stereocenters. The lowest BCUT2D eigenvalue weighted by Crippen LogP contribution is -2.49. The van der Waals surface area contributed by atoms with E-state index >= 15 is 0 Å². The zero-order valence-electron chi connectivity index (χ0n) is 16.1. The molecule has 0 bridgehead atoms. The summed E-state index contributed by atoms with van der Waals surface area (Å²) in [5, 5.41) is 14.8. The van der Waals surface area contributed by atoms with E-state index in [1.54, 1.807) is 6.07 Å². The summed E-state index contributed by atoms with van der Waals surface area (Å²) >= 11 is 11.9. The molecule has 0 heterocycles. The van der Waals surface area contributed by atoms with Crippen molar-refractivity contribution >= 4 is 77.5 Å². The Kier molecular flexibility index (Phi) is 7.72. The fourth-order valence-electron chi connectivity index (χ4n) is 2.61. The normalized spacial score (nSPS) is 10.3. The number of nitrogens with one attached hydrogen (secondary N) is 3. The molecule has 0 fully saturated rings. The predicted molar refractivity (Wildman–Crippen MR) is 129 cm³/mol. The standard InChI is InChI=1S/C20H14Br2N4O5S/c21-13-4-7-15-12(9-13)3-8-16(18(15)22)31-10-17(27)23-20(32)25-24-19(28)11-1-5-14(6-2-11)26(29)30/h1-9H,10H2,(H,24,28)(H2,23,25,27,32). The van der Waals surface area contributed by atoms with E-state index in [9.17, 15) is 19.7 Å². The van der Waals surface area contributed by atoms with Crippen LogP contribution in [0.15, 0.2) is 63.5 Å². The van der Waals surface area contributed by atoms with Crippen molar-refractivity contribution in [3.05, 3.63) is 79.2 Å². The van der Waals surface area contributed by atoms with Crippen molar-refractivity contribution in [3.63, 3.8) is 0 Å². The van der Waals surface area contributed by atoms with Gasteiger partial charge in [-0.15, -0.1) is 0 Å². The summed E-state index contributed by atoms with van der Waals surface area (Å²) in [5.74, 6) is -0.630. The fraction of sp³-hybridized carbons (Fsp3) is 0.0500. The molecule has 0 spiro atoms. The number of hydrogen-bond acceptors (Lipinski definition) is 6. The largest absolute Gasteiger partial charge is 0.483 e. The van der Waals surface area contributed by atoms with Crippen LogP contribution >= 0.6 is 44.1 Å². The van der Waals surface area contributed by atoms with Crippen LogP contribution in [0.1, 0.15) is 10.4 Å². The summed E-state index contributed by atoms with van der Waals surface area (Å²) in [5.41, 5.74) is 4.72. The Hall–Kier alpha value is -3.09. The number of carbonyl (C=O) groups is 2. The van der Waals surface area contributed by atoms with Crippen LogP contribution in [0.4, 0.5) is 5.69 Å². The smallest absolute Gasteiger partial charge is 0.269 e. The van der Waals surface area contributed by atoms with Gasteiger partial charge in [0.1, 0.15) is 5.75 Å². The van der Waals surface area contributed by atoms with Crippen molar-refractivity contribution in [2.75, 3.05) is 6.61 Å². The van der Waals surface area contributed by atoms with Crippen LogP contribution in [0.3, 0.4) is 0 Å². The van der Waals surface area contributed by atoms with Gasteiger partial charge in [-0.05, 0) is 69.3 Å². The van der Waals surface area contributed by atoms with Gasteiger partial charge >= 0.3 is 0 Å². The van der Waals surface area contributed by atoms with Gasteiger partial charge in [-0.25, -0.2) is 0 Å². The lowest BCUT2D eigenvalue weighted by molar-refractivity contribution is -0.384. The van der Waals surface area contributed by atoms with Gasteiger partial charge in [0.2, 0.25) is 0 Å². The quantitative estimate of drug-likeness (QED) is 0.236. The summed E-state index contributed by atoms with van der Waals surface area (Å²) in [6.07, 6.45) is 0. The summed E-state index contributed by atoms with van der Waals surface area (Å²) in [7, 11) is 0. The SMILES string of the molecule is O=C(COc1ccc2cc(Br)ccc2c1Br)NC(=S)NNC(=O)c1ccc([N+](=O)[O-])cc1. The van der Waals surface area contributed by atoms with Crippen LogP contribution < -0.4 is 20.9 Å². The zero-order chi connectivity index (χ0) is 23.3. The van der Waals surface area contributed by atoms with E-state index < -0.39 is 16.7 Å². The van der Waals surface area contributed by atoms with Gasteiger partial charge in [0.15, 0.2) is 11.7 Å². The Morgan fingerprint density at radius 3 is 2.44 bits per heavy atom. The molecule has 3 aromatic carbocycles. The number of nitro benzene ring substituents is 1. The highest BCUT2D eigenvalue weighted by molar-refractivity contribution is 9.11. The summed E-state index contributed by atoms with van der Waals surface area (Å²) in [4.78, 5) is 34.2. The molecule has 12 heteroatoms. The summed E-state index contributed by atoms with van der Waals surface area (Å²) < 4.78 is 7.23. The first-order chi connectivity index (χ1) is 15.2. The molecule has 0 saturated heterocycles. The Labute approximate surface area is 203 Å². The highest BCUT2D eigenvalue weighted by atomic mass is 79.9. The van der Waals surface area contributed by atoms with Crippen molar-refractivity contribution in [1.29, 1.82) is 0 Å². The molecule has 0 saturated carbocycles. The molecule has 0 aliphatic rings. The summed E-state index contributed by atoms with van der Waals surface area (Å²) in [6.45, 7) is -0.307. The van der Waals surface area contributed by atoms with Gasteiger partial charge in [0.05, 0.1) is 9.40 Å². The number of halogens is 2. The monoisotopic (exact) mass is 580 g/mol. The van der Waals surface area contributed by atoms with Gasteiger partial charge < -0.3 is 4.74 Å². The molecular formula is C20H14Br2N4O5S. The fourth-order valence-corrected chi connectivity index (χ4v) is 3.76. The number of amides is 2. The number of hydrazine groups is 1. The van der Waals surface area contributed by atoms with Crippen molar-refractivity contribution < 1.29 is 19.2 Å². The molecule has 0 atom stereocenters. The molecule has 164 valence electrons. The molecule has 0 radical (unpaired) electrons. The van der Waals surface area contributed by atoms with Crippen molar-refractivity contribution in [3.8, 4) is 5.75 Å². The third-order valence-electron chi connectivity index (χ3n) is 4.12. The van der Waals surface area contributed by atoms with E-state index in [0.29, 0.717) is 10.2 Å². The second-order valence-electron chi connectivity index (χ2n) is 6.29. The Morgan fingerprint density at radius 1 is 1.03 bits per heavy atom. The maximum absolute atomic E-state index is 12.1. The molecule has 2 amide bonds. The Bertz CT molecular complexity index is 1220. The van der Waals surface area contributed by atoms with E-state index in [-0.39, 0.29) is 23.0 Å². The lowest BCUT2D eigenvalue weighted by atomic mass is 10.1. The minimum absolute atomic E-state index is 0.136. The Balaban J connectivity index is 1.48. The maximum Gasteiger partial charge on any atom is 0.269 e. The van der Waals surface area contributed by atoms with Gasteiger partial charge in [-0.3, -0.25) is 35.9 Å². The van der Waals surface area contributed by atoms with Gasteiger partial charge in [0.25, 0.3) is 17.5 Å². The predicted octanol–water partition coefficient (Wildman–Crippen LogP) is 3.99. The second kappa shape index (κ2) is 10.5. The van der Waals surface area contributed by atoms with E-state index in [2.05, 4.69) is 48.0 Å². The number of non-ortho nitro benzene ring substituents is 1. The van der Waals surface area contributed by atoms with Crippen LogP contribution in [-0.2, 0) is 4.79 Å². The van der Waals surface area contributed by atoms with Crippen LogP contribution in [0.25, 0.3) is 10.8 Å². The van der Waals surface area contributed by atoms with Crippen LogP contribution in [-0.4, -0.2) is 28.5 Å². The first-order valence-corrected chi connectivity index (χ1v) is 10.9. The first kappa shape index (κ1) is 23.6. The minimum Gasteiger partial charge on any atom is -0.483 e. The lowest BCUT2D eigenvalue weighted by Gasteiger charge is -2.12. The topological polar surface area (TPSA) is 123 Å². The van der Waals surface area contributed by atoms with Gasteiger partial charge in [-0.1, -0.05) is 28.1 Å². The Morgan fingerprint density at radius 2 is 1.75 bits per heavy atom. The van der Waals surface area contributed by atoms with Crippen molar-refractivity contribution in [2.45, 2.75) is 0 Å². The van der Waals surface area contributed by atoms with Crippen molar-refractivity contribution in [2.24, 2.45) is 0 Å². The van der Waals surface area contributed by atoms with E-state index in [4.69, 9.17) is 17.0 Å². The number of benzene rings is 3. The van der Waals surface area contributed by atoms with Crippen molar-refractivity contribution in [1.82, 2.24) is 16.2 Å². The first-order valence-electron chi connectivity index (χ1n) is 8.90. The molecule has 3 N–H and O–H groups in total. The number of carbonyl (C=O) groups excluding carboxylic acids is 2. The highest BCUT2D eigenvalue weighted by Gasteiger charge is 2.12. The molecule has 0 aromatic heterocycles. The number of thiocarbonyl (C=S) groups is 1. The van der Waals surface area contributed by atoms with E-state index in [1.807, 2.05) is 24.3 Å². The molecule has 0 aliphatic carbocycles. The summed E-state index contributed by atoms with van der Waals surface area (Å²) in [6, 6.07) is 14.4. The molecular weight excluding hydrogens is 568 g/mol. The third-order valence-corrected chi connectivity index (χ3v) is 5.64. The molecule has 32 heavy (non-hydrogen) atoms. The number of nitro groups is 1. The number of rotatable bonds is 5. The number of fused-ring (bicyclic) bond motifs is 1. The second-order valence-corrected chi connectivity index (χ2v) is 8.41. The van der Waals surface area contributed by atoms with Crippen LogP contribution in [0, 0.1) is 10.1 Å². The van der Waals surface area contributed by atoms with Gasteiger partial charge in [0, 0.05) is 22.2 Å². The highest BCUT2D eigenvalue weighted by Crippen LogP contribution is 2.34. The van der Waals surface area contributed by atoms with E-state index in [1.165, 1.54) is 24.3 Å². The maximum atomic E-state index is 12.1. The minimum atomic E-state index is -0.584. The van der Waals surface area contributed by atoms with E-state index in [0.717, 1.165) is 15.2 Å².